The van der Waals surface area contributed by atoms with Crippen LogP contribution in [0, 0.1) is 6.92 Å². The van der Waals surface area contributed by atoms with Crippen molar-refractivity contribution in [2.45, 2.75) is 33.4 Å². The fraction of sp³-hybridized carbons (Fsp3) is 0.353. The lowest BCUT2D eigenvalue weighted by atomic mass is 10.1. The van der Waals surface area contributed by atoms with E-state index in [1.54, 1.807) is 6.20 Å². The number of rotatable bonds is 7. The third kappa shape index (κ3) is 4.67. The molecule has 1 aromatic heterocycles. The summed E-state index contributed by atoms with van der Waals surface area (Å²) in [6, 6.07) is 12.3. The van der Waals surface area contributed by atoms with Gasteiger partial charge in [-0.25, -0.2) is 0 Å². The Labute approximate surface area is 121 Å². The van der Waals surface area contributed by atoms with E-state index in [9.17, 15) is 0 Å². The Hall–Kier alpha value is -1.87. The zero-order valence-electron chi connectivity index (χ0n) is 12.2. The van der Waals surface area contributed by atoms with Gasteiger partial charge < -0.3 is 10.1 Å². The summed E-state index contributed by atoms with van der Waals surface area (Å²) in [7, 11) is 0. The van der Waals surface area contributed by atoms with Crippen LogP contribution in [0.25, 0.3) is 0 Å². The van der Waals surface area contributed by atoms with Gasteiger partial charge in [0.05, 0.1) is 11.9 Å². The van der Waals surface area contributed by atoms with Crippen molar-refractivity contribution in [2.24, 2.45) is 0 Å². The molecule has 2 aromatic rings. The van der Waals surface area contributed by atoms with Gasteiger partial charge in [0.25, 0.3) is 0 Å². The first-order chi connectivity index (χ1) is 9.78. The topological polar surface area (TPSA) is 34.1 Å². The smallest absolute Gasteiger partial charge is 0.138 e. The van der Waals surface area contributed by atoms with Gasteiger partial charge in [-0.2, -0.15) is 0 Å². The molecule has 0 spiro atoms. The predicted molar refractivity (Wildman–Crippen MR) is 81.7 cm³/mol. The molecule has 0 atom stereocenters. The number of nitrogens with zero attached hydrogens (tertiary/aromatic N) is 1. The molecule has 1 aromatic carbocycles. The fourth-order valence-corrected chi connectivity index (χ4v) is 1.96. The normalized spacial score (nSPS) is 10.5. The maximum absolute atomic E-state index is 5.74. The highest BCUT2D eigenvalue weighted by molar-refractivity contribution is 5.24. The van der Waals surface area contributed by atoms with Crippen LogP contribution in [-0.2, 0) is 13.2 Å². The maximum Gasteiger partial charge on any atom is 0.138 e. The molecule has 0 saturated carbocycles. The highest BCUT2D eigenvalue weighted by Gasteiger charge is 1.98. The summed E-state index contributed by atoms with van der Waals surface area (Å²) in [5, 5.41) is 3.33. The summed E-state index contributed by atoms with van der Waals surface area (Å²) in [5.74, 6) is 0.811. The first-order valence-electron chi connectivity index (χ1n) is 7.12. The largest absolute Gasteiger partial charge is 0.487 e. The van der Waals surface area contributed by atoms with E-state index in [2.05, 4.69) is 48.4 Å². The number of hydrogen-bond donors (Lipinski definition) is 1. The molecule has 0 aliphatic rings. The quantitative estimate of drug-likeness (QED) is 0.782. The Morgan fingerprint density at radius 3 is 2.80 bits per heavy atom. The van der Waals surface area contributed by atoms with Crippen molar-refractivity contribution in [3.63, 3.8) is 0 Å². The van der Waals surface area contributed by atoms with Crippen LogP contribution in [0.4, 0.5) is 0 Å². The first kappa shape index (κ1) is 14.5. The lowest BCUT2D eigenvalue weighted by molar-refractivity contribution is 0.304. The Bertz CT molecular complexity index is 523. The standard InChI is InChI=1S/C17H22N2O/c1-3-9-18-11-16-7-8-17(12-19-16)20-13-15-6-4-5-14(2)10-15/h4-8,10,12,18H,3,9,11,13H2,1-2H3. The van der Waals surface area contributed by atoms with E-state index >= 15 is 0 Å². The van der Waals surface area contributed by atoms with Gasteiger partial charge in [-0.1, -0.05) is 36.8 Å². The van der Waals surface area contributed by atoms with Gasteiger partial charge in [-0.15, -0.1) is 0 Å². The van der Waals surface area contributed by atoms with Crippen molar-refractivity contribution < 1.29 is 4.74 Å². The number of pyridine rings is 1. The van der Waals surface area contributed by atoms with E-state index in [1.165, 1.54) is 11.1 Å². The molecule has 20 heavy (non-hydrogen) atoms. The predicted octanol–water partition coefficient (Wildman–Crippen LogP) is 3.47. The number of aromatic nitrogens is 1. The molecule has 0 radical (unpaired) electrons. The maximum atomic E-state index is 5.74. The van der Waals surface area contributed by atoms with E-state index in [0.29, 0.717) is 6.61 Å². The van der Waals surface area contributed by atoms with Gasteiger partial charge in [0.15, 0.2) is 0 Å². The fourth-order valence-electron chi connectivity index (χ4n) is 1.96. The average Bonchev–Trinajstić information content (AvgIpc) is 2.47. The lowest BCUT2D eigenvalue weighted by Gasteiger charge is -2.08. The van der Waals surface area contributed by atoms with Crippen LogP contribution in [-0.4, -0.2) is 11.5 Å². The van der Waals surface area contributed by atoms with Crippen molar-refractivity contribution in [3.8, 4) is 5.75 Å². The summed E-state index contributed by atoms with van der Waals surface area (Å²) in [5.41, 5.74) is 3.47. The lowest BCUT2D eigenvalue weighted by Crippen LogP contribution is -2.14. The van der Waals surface area contributed by atoms with Crippen LogP contribution in [0.1, 0.15) is 30.2 Å². The van der Waals surface area contributed by atoms with E-state index in [4.69, 9.17) is 4.74 Å². The molecule has 0 saturated heterocycles. The van der Waals surface area contributed by atoms with Crippen LogP contribution in [0.15, 0.2) is 42.6 Å². The molecule has 0 amide bonds. The van der Waals surface area contributed by atoms with Crippen molar-refractivity contribution in [3.05, 3.63) is 59.4 Å². The molecular formula is C17H22N2O. The van der Waals surface area contributed by atoms with Gasteiger partial charge in [0.2, 0.25) is 0 Å². The molecule has 0 unspecified atom stereocenters. The second-order valence-corrected chi connectivity index (χ2v) is 4.94. The Kier molecular flexibility index (Phi) is 5.56. The Morgan fingerprint density at radius 1 is 1.20 bits per heavy atom. The van der Waals surface area contributed by atoms with Crippen LogP contribution < -0.4 is 10.1 Å². The Morgan fingerprint density at radius 2 is 2.10 bits per heavy atom. The Balaban J connectivity index is 1.84. The van der Waals surface area contributed by atoms with Crippen molar-refractivity contribution in [1.82, 2.24) is 10.3 Å². The number of benzene rings is 1. The molecule has 0 aliphatic carbocycles. The van der Waals surface area contributed by atoms with Gasteiger partial charge in [0.1, 0.15) is 12.4 Å². The first-order valence-corrected chi connectivity index (χ1v) is 7.12. The zero-order chi connectivity index (χ0) is 14.2. The van der Waals surface area contributed by atoms with Crippen molar-refractivity contribution in [2.75, 3.05) is 6.54 Å². The zero-order valence-corrected chi connectivity index (χ0v) is 12.2. The number of aryl methyl sites for hydroxylation is 1. The molecule has 0 aliphatic heterocycles. The molecular weight excluding hydrogens is 248 g/mol. The van der Waals surface area contributed by atoms with Crippen molar-refractivity contribution in [1.29, 1.82) is 0 Å². The second-order valence-electron chi connectivity index (χ2n) is 4.94. The monoisotopic (exact) mass is 270 g/mol. The summed E-state index contributed by atoms with van der Waals surface area (Å²) in [6.45, 7) is 6.65. The molecule has 1 N–H and O–H groups in total. The van der Waals surface area contributed by atoms with E-state index < -0.39 is 0 Å². The highest BCUT2D eigenvalue weighted by Crippen LogP contribution is 2.12. The average molecular weight is 270 g/mol. The molecule has 3 heteroatoms. The van der Waals surface area contributed by atoms with Crippen LogP contribution >= 0.6 is 0 Å². The third-order valence-corrected chi connectivity index (χ3v) is 3.02. The van der Waals surface area contributed by atoms with Gasteiger partial charge in [-0.05, 0) is 37.6 Å². The van der Waals surface area contributed by atoms with E-state index in [-0.39, 0.29) is 0 Å². The van der Waals surface area contributed by atoms with Gasteiger partial charge in [0, 0.05) is 6.54 Å². The third-order valence-electron chi connectivity index (χ3n) is 3.02. The minimum absolute atomic E-state index is 0.580. The second kappa shape index (κ2) is 7.65. The molecule has 0 fully saturated rings. The molecule has 106 valence electrons. The minimum Gasteiger partial charge on any atom is -0.487 e. The van der Waals surface area contributed by atoms with Crippen LogP contribution in [0.5, 0.6) is 5.75 Å². The number of nitrogens with one attached hydrogen (secondary N) is 1. The summed E-state index contributed by atoms with van der Waals surface area (Å²) < 4.78 is 5.74. The van der Waals surface area contributed by atoms with Crippen LogP contribution in [0.3, 0.4) is 0 Å². The minimum atomic E-state index is 0.580. The summed E-state index contributed by atoms with van der Waals surface area (Å²) >= 11 is 0. The SMILES string of the molecule is CCCNCc1ccc(OCc2cccc(C)c2)cn1. The van der Waals surface area contributed by atoms with Crippen molar-refractivity contribution >= 4 is 0 Å². The molecule has 1 heterocycles. The van der Waals surface area contributed by atoms with Gasteiger partial charge >= 0.3 is 0 Å². The number of ether oxygens (including phenoxy) is 1. The molecule has 3 nitrogen and oxygen atoms in total. The van der Waals surface area contributed by atoms with E-state index in [0.717, 1.165) is 31.0 Å². The number of hydrogen-bond acceptors (Lipinski definition) is 3. The molecule has 2 rings (SSSR count). The summed E-state index contributed by atoms with van der Waals surface area (Å²) in [4.78, 5) is 4.39. The highest BCUT2D eigenvalue weighted by atomic mass is 16.5. The summed E-state index contributed by atoms with van der Waals surface area (Å²) in [6.07, 6.45) is 2.93. The van der Waals surface area contributed by atoms with Crippen LogP contribution in [0.2, 0.25) is 0 Å². The molecule has 0 bridgehead atoms. The van der Waals surface area contributed by atoms with E-state index in [1.807, 2.05) is 12.1 Å². The van der Waals surface area contributed by atoms with Gasteiger partial charge in [-0.3, -0.25) is 4.98 Å².